The minimum absolute atomic E-state index is 0.152. The fourth-order valence-electron chi connectivity index (χ4n) is 3.81. The highest BCUT2D eigenvalue weighted by molar-refractivity contribution is 6.07. The number of carbonyl (C=O) groups excluding carboxylic acids is 2. The molecule has 0 radical (unpaired) electrons. The number of rotatable bonds is 2. The lowest BCUT2D eigenvalue weighted by atomic mass is 10.1. The molecule has 0 aliphatic carbocycles. The van der Waals surface area contributed by atoms with Gasteiger partial charge in [-0.05, 0) is 32.4 Å². The van der Waals surface area contributed by atoms with Gasteiger partial charge in [-0.3, -0.25) is 9.79 Å². The van der Waals surface area contributed by atoms with E-state index in [1.807, 2.05) is 69.3 Å². The van der Waals surface area contributed by atoms with Crippen molar-refractivity contribution in [3.8, 4) is 0 Å². The molecule has 2 aromatic rings. The first kappa shape index (κ1) is 20.9. The highest BCUT2D eigenvalue weighted by Gasteiger charge is 2.29. The van der Waals surface area contributed by atoms with Crippen LogP contribution in [0, 0.1) is 0 Å². The van der Waals surface area contributed by atoms with Crippen molar-refractivity contribution >= 4 is 29.6 Å². The van der Waals surface area contributed by atoms with Gasteiger partial charge in [-0.25, -0.2) is 4.79 Å². The number of nitrogens with zero attached hydrogens (tertiary/aromatic N) is 3. The van der Waals surface area contributed by atoms with Crippen LogP contribution in [0.25, 0.3) is 0 Å². The molecule has 162 valence electrons. The molecule has 1 N–H and O–H groups in total. The number of piperazine rings is 1. The third-order valence-electron chi connectivity index (χ3n) is 5.32. The van der Waals surface area contributed by atoms with Crippen LogP contribution in [0.2, 0.25) is 0 Å². The summed E-state index contributed by atoms with van der Waals surface area (Å²) in [5.41, 5.74) is 2.93. The molecule has 2 aliphatic rings. The number of anilines is 2. The Morgan fingerprint density at radius 2 is 1.74 bits per heavy atom. The average molecular weight is 421 g/mol. The van der Waals surface area contributed by atoms with E-state index in [1.54, 1.807) is 11.1 Å². The van der Waals surface area contributed by atoms with Crippen LogP contribution in [0.1, 0.15) is 37.9 Å². The first-order chi connectivity index (χ1) is 14.8. The van der Waals surface area contributed by atoms with Gasteiger partial charge in [0.2, 0.25) is 0 Å². The molecule has 4 rings (SSSR count). The van der Waals surface area contributed by atoms with Crippen molar-refractivity contribution in [3.05, 3.63) is 59.7 Å². The zero-order valence-electron chi connectivity index (χ0n) is 18.2. The van der Waals surface area contributed by atoms with Gasteiger partial charge in [0, 0.05) is 38.0 Å². The average Bonchev–Trinajstić information content (AvgIpc) is 2.91. The van der Waals surface area contributed by atoms with Crippen molar-refractivity contribution in [2.45, 2.75) is 32.4 Å². The maximum atomic E-state index is 13.0. The minimum Gasteiger partial charge on any atom is -0.444 e. The molecule has 2 heterocycles. The standard InChI is InChI=1S/C24H28N4O3/c1-24(2,3)31-23(30)28-14-12-27(13-15-28)19-11-7-10-18-16-25-21(22(29)26-20(18)19)17-8-5-4-6-9-17/h4-11,16,21H,12-15H2,1-3H3,(H,26,29)/t21-/m0/s1. The highest BCUT2D eigenvalue weighted by atomic mass is 16.6. The second-order valence-electron chi connectivity index (χ2n) is 8.78. The SMILES string of the molecule is CC(C)(C)OC(=O)N1CCN(c2cccc3c2NC(=O)[C@H](c2ccccc2)N=C3)CC1. The number of benzodiazepines with no additional fused rings is 1. The van der Waals surface area contributed by atoms with E-state index in [1.165, 1.54) is 0 Å². The number of hydrogen-bond acceptors (Lipinski definition) is 5. The summed E-state index contributed by atoms with van der Waals surface area (Å²) in [4.78, 5) is 33.8. The maximum absolute atomic E-state index is 13.0. The second-order valence-corrected chi connectivity index (χ2v) is 8.78. The fraction of sp³-hybridized carbons (Fsp3) is 0.375. The first-order valence-electron chi connectivity index (χ1n) is 10.6. The van der Waals surface area contributed by atoms with Crippen LogP contribution in [-0.2, 0) is 9.53 Å². The fourth-order valence-corrected chi connectivity index (χ4v) is 3.81. The molecule has 7 heteroatoms. The van der Waals surface area contributed by atoms with Gasteiger partial charge in [0.15, 0.2) is 6.04 Å². The summed E-state index contributed by atoms with van der Waals surface area (Å²) >= 11 is 0. The Balaban J connectivity index is 1.50. The molecule has 0 aromatic heterocycles. The number of aliphatic imine (C=N–C) groups is 1. The smallest absolute Gasteiger partial charge is 0.410 e. The molecule has 2 aliphatic heterocycles. The van der Waals surface area contributed by atoms with Gasteiger partial charge in [-0.1, -0.05) is 42.5 Å². The van der Waals surface area contributed by atoms with Crippen LogP contribution < -0.4 is 10.2 Å². The van der Waals surface area contributed by atoms with Crippen molar-refractivity contribution in [2.24, 2.45) is 4.99 Å². The summed E-state index contributed by atoms with van der Waals surface area (Å²) < 4.78 is 5.49. The molecular weight excluding hydrogens is 392 g/mol. The molecular formula is C24H28N4O3. The number of ether oxygens (including phenoxy) is 1. The Labute approximate surface area is 182 Å². The summed E-state index contributed by atoms with van der Waals surface area (Å²) in [5.74, 6) is -0.152. The number of amides is 2. The van der Waals surface area contributed by atoms with Gasteiger partial charge in [-0.15, -0.1) is 0 Å². The van der Waals surface area contributed by atoms with Crippen molar-refractivity contribution in [2.75, 3.05) is 36.4 Å². The first-order valence-corrected chi connectivity index (χ1v) is 10.6. The Morgan fingerprint density at radius 3 is 2.42 bits per heavy atom. The van der Waals surface area contributed by atoms with E-state index in [2.05, 4.69) is 15.2 Å². The molecule has 7 nitrogen and oxygen atoms in total. The van der Waals surface area contributed by atoms with E-state index in [4.69, 9.17) is 4.74 Å². The number of carbonyl (C=O) groups is 2. The van der Waals surface area contributed by atoms with Crippen molar-refractivity contribution < 1.29 is 14.3 Å². The largest absolute Gasteiger partial charge is 0.444 e. The lowest BCUT2D eigenvalue weighted by molar-refractivity contribution is -0.117. The lowest BCUT2D eigenvalue weighted by Gasteiger charge is -2.37. The minimum atomic E-state index is -0.578. The molecule has 0 bridgehead atoms. The number of hydrogen-bond donors (Lipinski definition) is 1. The number of fused-ring (bicyclic) bond motifs is 1. The van der Waals surface area contributed by atoms with Crippen LogP contribution in [-0.4, -0.2) is 54.9 Å². The number of nitrogens with one attached hydrogen (secondary N) is 1. The Morgan fingerprint density at radius 1 is 1.03 bits per heavy atom. The molecule has 1 atom stereocenters. The molecule has 1 saturated heterocycles. The molecule has 2 amide bonds. The van der Waals surface area contributed by atoms with E-state index in [0.29, 0.717) is 26.2 Å². The van der Waals surface area contributed by atoms with Gasteiger partial charge in [0.25, 0.3) is 5.91 Å². The predicted molar refractivity (Wildman–Crippen MR) is 122 cm³/mol. The molecule has 0 saturated carbocycles. The zero-order valence-corrected chi connectivity index (χ0v) is 18.2. The predicted octanol–water partition coefficient (Wildman–Crippen LogP) is 3.86. The molecule has 31 heavy (non-hydrogen) atoms. The van der Waals surface area contributed by atoms with Gasteiger partial charge < -0.3 is 19.9 Å². The number of para-hydroxylation sites is 1. The number of benzene rings is 2. The van der Waals surface area contributed by atoms with Gasteiger partial charge in [-0.2, -0.15) is 0 Å². The molecule has 2 aromatic carbocycles. The Kier molecular flexibility index (Phi) is 5.67. The van der Waals surface area contributed by atoms with Gasteiger partial charge in [0.05, 0.1) is 11.4 Å². The van der Waals surface area contributed by atoms with Crippen LogP contribution in [0.4, 0.5) is 16.2 Å². The van der Waals surface area contributed by atoms with Crippen LogP contribution in [0.5, 0.6) is 0 Å². The monoisotopic (exact) mass is 420 g/mol. The van der Waals surface area contributed by atoms with Crippen LogP contribution >= 0.6 is 0 Å². The van der Waals surface area contributed by atoms with Gasteiger partial charge >= 0.3 is 6.09 Å². The summed E-state index contributed by atoms with van der Waals surface area (Å²) in [6, 6.07) is 14.9. The third-order valence-corrected chi connectivity index (χ3v) is 5.32. The Bertz CT molecular complexity index is 990. The third kappa shape index (κ3) is 4.71. The van der Waals surface area contributed by atoms with Crippen molar-refractivity contribution in [1.82, 2.24) is 4.90 Å². The van der Waals surface area contributed by atoms with Gasteiger partial charge in [0.1, 0.15) is 5.60 Å². The summed E-state index contributed by atoms with van der Waals surface area (Å²) in [6.07, 6.45) is 1.48. The zero-order chi connectivity index (χ0) is 22.0. The van der Waals surface area contributed by atoms with E-state index in [-0.39, 0.29) is 12.0 Å². The van der Waals surface area contributed by atoms with E-state index < -0.39 is 11.6 Å². The van der Waals surface area contributed by atoms with E-state index in [9.17, 15) is 9.59 Å². The van der Waals surface area contributed by atoms with Crippen molar-refractivity contribution in [3.63, 3.8) is 0 Å². The van der Waals surface area contributed by atoms with Crippen LogP contribution in [0.3, 0.4) is 0 Å². The summed E-state index contributed by atoms with van der Waals surface area (Å²) in [5, 5.41) is 3.09. The van der Waals surface area contributed by atoms with E-state index in [0.717, 1.165) is 22.5 Å². The van der Waals surface area contributed by atoms with Crippen LogP contribution in [0.15, 0.2) is 53.5 Å². The van der Waals surface area contributed by atoms with Crippen molar-refractivity contribution in [1.29, 1.82) is 0 Å². The van der Waals surface area contributed by atoms with E-state index >= 15 is 0 Å². The quantitative estimate of drug-likeness (QED) is 0.801. The molecule has 1 fully saturated rings. The Hall–Kier alpha value is -3.35. The lowest BCUT2D eigenvalue weighted by Crippen LogP contribution is -2.50. The maximum Gasteiger partial charge on any atom is 0.410 e. The summed E-state index contributed by atoms with van der Waals surface area (Å²) in [7, 11) is 0. The topological polar surface area (TPSA) is 74.2 Å². The second kappa shape index (κ2) is 8.41. The molecule has 0 spiro atoms. The highest BCUT2D eigenvalue weighted by Crippen LogP contribution is 2.33. The molecule has 0 unspecified atom stereocenters. The normalized spacial score (nSPS) is 18.8. The summed E-state index contributed by atoms with van der Waals surface area (Å²) in [6.45, 7) is 8.05.